The molecule has 1 rings (SSSR count). The molecule has 1 nitrogen and oxygen atoms in total. The van der Waals surface area contributed by atoms with Gasteiger partial charge in [-0.05, 0) is 37.1 Å². The Morgan fingerprint density at radius 1 is 1.15 bits per heavy atom. The summed E-state index contributed by atoms with van der Waals surface area (Å²) in [7, 11) is 2.19. The van der Waals surface area contributed by atoms with Crippen molar-refractivity contribution in [2.24, 2.45) is 0 Å². The standard InChI is InChI=1S/C15H23N.2C2H6/c1-5-11-16(4)12-13(3)15-10-8-7-9-14(15)6-2;2*1-2/h6-10,13H,2,5,11-12H2,1,3-4H3;2*1-2H3. The topological polar surface area (TPSA) is 3.24 Å². The minimum atomic E-state index is 0.561. The first-order valence-corrected chi connectivity index (χ1v) is 8.09. The molecule has 1 heteroatoms. The lowest BCUT2D eigenvalue weighted by Gasteiger charge is -2.22. The van der Waals surface area contributed by atoms with Gasteiger partial charge in [0.05, 0.1) is 0 Å². The predicted molar refractivity (Wildman–Crippen MR) is 95.4 cm³/mol. The summed E-state index contributed by atoms with van der Waals surface area (Å²) < 4.78 is 0. The Hall–Kier alpha value is -1.08. The maximum absolute atomic E-state index is 3.88. The predicted octanol–water partition coefficient (Wildman–Crippen LogP) is 5.83. The molecule has 0 fully saturated rings. The minimum Gasteiger partial charge on any atom is -0.306 e. The van der Waals surface area contributed by atoms with Crippen molar-refractivity contribution in [2.75, 3.05) is 20.1 Å². The van der Waals surface area contributed by atoms with Gasteiger partial charge in [-0.3, -0.25) is 0 Å². The van der Waals surface area contributed by atoms with Crippen LogP contribution in [0.5, 0.6) is 0 Å². The molecule has 20 heavy (non-hydrogen) atoms. The summed E-state index contributed by atoms with van der Waals surface area (Å²) in [5.41, 5.74) is 2.67. The first kappa shape index (κ1) is 21.2. The molecule has 1 unspecified atom stereocenters. The Balaban J connectivity index is 0. The van der Waals surface area contributed by atoms with Crippen LogP contribution in [0.1, 0.15) is 65.0 Å². The maximum Gasteiger partial charge on any atom is 0.00448 e. The Kier molecular flexibility index (Phi) is 15.2. The summed E-state index contributed by atoms with van der Waals surface area (Å²) >= 11 is 0. The molecule has 0 aromatic heterocycles. The van der Waals surface area contributed by atoms with E-state index in [9.17, 15) is 0 Å². The third-order valence-electron chi connectivity index (χ3n) is 2.94. The summed E-state index contributed by atoms with van der Waals surface area (Å²) in [5.74, 6) is 0.561. The van der Waals surface area contributed by atoms with Crippen LogP contribution in [0.2, 0.25) is 0 Å². The van der Waals surface area contributed by atoms with Crippen LogP contribution in [0, 0.1) is 0 Å². The van der Waals surface area contributed by atoms with Gasteiger partial charge in [0, 0.05) is 6.54 Å². The van der Waals surface area contributed by atoms with Gasteiger partial charge in [0.25, 0.3) is 0 Å². The quantitative estimate of drug-likeness (QED) is 0.632. The SMILES string of the molecule is C=Cc1ccccc1C(C)CN(C)CCC.CC.CC. The van der Waals surface area contributed by atoms with Crippen molar-refractivity contribution in [2.45, 2.75) is 53.9 Å². The second-order valence-electron chi connectivity index (χ2n) is 4.50. The molecule has 0 bridgehead atoms. The van der Waals surface area contributed by atoms with Crippen LogP contribution in [0.4, 0.5) is 0 Å². The van der Waals surface area contributed by atoms with E-state index in [2.05, 4.69) is 56.6 Å². The van der Waals surface area contributed by atoms with Crippen LogP contribution in [-0.4, -0.2) is 25.0 Å². The monoisotopic (exact) mass is 277 g/mol. The molecule has 1 aromatic rings. The largest absolute Gasteiger partial charge is 0.306 e. The molecule has 1 atom stereocenters. The molecule has 0 aliphatic rings. The van der Waals surface area contributed by atoms with Gasteiger partial charge in [-0.25, -0.2) is 0 Å². The Morgan fingerprint density at radius 2 is 1.70 bits per heavy atom. The zero-order valence-electron chi connectivity index (χ0n) is 14.7. The maximum atomic E-state index is 3.88. The fraction of sp³-hybridized carbons (Fsp3) is 0.579. The smallest absolute Gasteiger partial charge is 0.00448 e. The van der Waals surface area contributed by atoms with E-state index in [1.165, 1.54) is 24.1 Å². The van der Waals surface area contributed by atoms with E-state index in [-0.39, 0.29) is 0 Å². The number of hydrogen-bond acceptors (Lipinski definition) is 1. The Morgan fingerprint density at radius 3 is 2.20 bits per heavy atom. The molecule has 0 radical (unpaired) electrons. The molecule has 116 valence electrons. The first-order chi connectivity index (χ1) is 9.69. The van der Waals surface area contributed by atoms with Gasteiger partial charge in [-0.1, -0.05) is 78.5 Å². The van der Waals surface area contributed by atoms with Gasteiger partial charge in [-0.2, -0.15) is 0 Å². The molecule has 0 amide bonds. The van der Waals surface area contributed by atoms with Crippen molar-refractivity contribution in [1.29, 1.82) is 0 Å². The van der Waals surface area contributed by atoms with Crippen molar-refractivity contribution in [1.82, 2.24) is 4.90 Å². The normalized spacial score (nSPS) is 10.8. The van der Waals surface area contributed by atoms with Gasteiger partial charge in [-0.15, -0.1) is 0 Å². The zero-order valence-corrected chi connectivity index (χ0v) is 14.7. The molecule has 1 aromatic carbocycles. The van der Waals surface area contributed by atoms with E-state index in [0.29, 0.717) is 5.92 Å². The average molecular weight is 277 g/mol. The number of likely N-dealkylation sites (N-methyl/N-ethyl adjacent to an activating group) is 1. The van der Waals surface area contributed by atoms with Gasteiger partial charge < -0.3 is 4.90 Å². The average Bonchev–Trinajstić information content (AvgIpc) is 2.51. The second kappa shape index (κ2) is 14.3. The fourth-order valence-electron chi connectivity index (χ4n) is 2.18. The molecule has 0 aliphatic heterocycles. The van der Waals surface area contributed by atoms with Gasteiger partial charge in [0.2, 0.25) is 0 Å². The molecule has 0 aliphatic carbocycles. The van der Waals surface area contributed by atoms with Crippen LogP contribution < -0.4 is 0 Å². The van der Waals surface area contributed by atoms with Crippen LogP contribution in [0.25, 0.3) is 6.08 Å². The van der Waals surface area contributed by atoms with Crippen LogP contribution in [-0.2, 0) is 0 Å². The van der Waals surface area contributed by atoms with Gasteiger partial charge in [0.15, 0.2) is 0 Å². The summed E-state index contributed by atoms with van der Waals surface area (Å²) in [6.07, 6.45) is 3.16. The van der Waals surface area contributed by atoms with E-state index in [1.54, 1.807) is 0 Å². The second-order valence-corrected chi connectivity index (χ2v) is 4.50. The molecule has 0 heterocycles. The third kappa shape index (κ3) is 8.16. The number of rotatable bonds is 6. The van der Waals surface area contributed by atoms with Crippen molar-refractivity contribution >= 4 is 6.08 Å². The molecule has 0 N–H and O–H groups in total. The van der Waals surface area contributed by atoms with Crippen LogP contribution in [0.15, 0.2) is 30.8 Å². The molecule has 0 saturated heterocycles. The fourth-order valence-corrected chi connectivity index (χ4v) is 2.18. The van der Waals surface area contributed by atoms with Crippen LogP contribution >= 0.6 is 0 Å². The number of hydrogen-bond donors (Lipinski definition) is 0. The third-order valence-corrected chi connectivity index (χ3v) is 2.94. The highest BCUT2D eigenvalue weighted by molar-refractivity contribution is 5.52. The highest BCUT2D eigenvalue weighted by Gasteiger charge is 2.10. The van der Waals surface area contributed by atoms with Gasteiger partial charge in [0.1, 0.15) is 0 Å². The first-order valence-electron chi connectivity index (χ1n) is 8.09. The summed E-state index contributed by atoms with van der Waals surface area (Å²) in [6.45, 7) is 18.7. The van der Waals surface area contributed by atoms with Crippen molar-refractivity contribution in [3.63, 3.8) is 0 Å². The Labute approximate surface area is 127 Å². The van der Waals surface area contributed by atoms with E-state index in [0.717, 1.165) is 6.54 Å². The van der Waals surface area contributed by atoms with E-state index in [4.69, 9.17) is 0 Å². The highest BCUT2D eigenvalue weighted by Crippen LogP contribution is 2.21. The van der Waals surface area contributed by atoms with Crippen molar-refractivity contribution in [3.05, 3.63) is 42.0 Å². The van der Waals surface area contributed by atoms with E-state index < -0.39 is 0 Å². The molecular formula is C19H35N. The van der Waals surface area contributed by atoms with E-state index in [1.807, 2.05) is 33.8 Å². The number of nitrogens with zero attached hydrogens (tertiary/aromatic N) is 1. The molecule has 0 saturated carbocycles. The van der Waals surface area contributed by atoms with Crippen molar-refractivity contribution in [3.8, 4) is 0 Å². The zero-order chi connectivity index (χ0) is 16.0. The van der Waals surface area contributed by atoms with Crippen molar-refractivity contribution < 1.29 is 0 Å². The Bertz CT molecular complexity index is 330. The van der Waals surface area contributed by atoms with Crippen LogP contribution in [0.3, 0.4) is 0 Å². The molecular weight excluding hydrogens is 242 g/mol. The lowest BCUT2D eigenvalue weighted by molar-refractivity contribution is 0.317. The summed E-state index contributed by atoms with van der Waals surface area (Å²) in [6, 6.07) is 8.53. The minimum absolute atomic E-state index is 0.561. The lowest BCUT2D eigenvalue weighted by atomic mass is 9.95. The van der Waals surface area contributed by atoms with Gasteiger partial charge >= 0.3 is 0 Å². The summed E-state index contributed by atoms with van der Waals surface area (Å²) in [5, 5.41) is 0. The molecule has 0 spiro atoms. The lowest BCUT2D eigenvalue weighted by Crippen LogP contribution is -2.24. The number of benzene rings is 1. The highest BCUT2D eigenvalue weighted by atomic mass is 15.1. The summed E-state index contributed by atoms with van der Waals surface area (Å²) in [4.78, 5) is 2.39. The van der Waals surface area contributed by atoms with E-state index >= 15 is 0 Å².